The van der Waals surface area contributed by atoms with E-state index in [1.165, 1.54) is 12.1 Å². The Hall–Kier alpha value is -0.700. The van der Waals surface area contributed by atoms with Crippen LogP contribution in [0.1, 0.15) is 5.56 Å². The van der Waals surface area contributed by atoms with Gasteiger partial charge in [0, 0.05) is 10.6 Å². The molecule has 1 rings (SSSR count). The summed E-state index contributed by atoms with van der Waals surface area (Å²) in [6.07, 6.45) is 0. The molecular weight excluding hydrogens is 149 g/mol. The van der Waals surface area contributed by atoms with Crippen LogP contribution in [-0.4, -0.2) is 0 Å². The topological polar surface area (TPSA) is 26.0 Å². The van der Waals surface area contributed by atoms with E-state index in [2.05, 4.69) is 12.6 Å². The molecule has 0 saturated carbocycles. The monoisotopic (exact) mass is 157 g/mol. The summed E-state index contributed by atoms with van der Waals surface area (Å²) in [5.41, 5.74) is 6.78. The molecule has 0 saturated heterocycles. The zero-order valence-electron chi connectivity index (χ0n) is 5.56. The number of rotatable bonds is 0. The summed E-state index contributed by atoms with van der Waals surface area (Å²) in [6, 6.07) is 2.68. The van der Waals surface area contributed by atoms with Gasteiger partial charge >= 0.3 is 0 Å². The first-order chi connectivity index (χ1) is 4.61. The van der Waals surface area contributed by atoms with Crippen LogP contribution in [0.2, 0.25) is 0 Å². The van der Waals surface area contributed by atoms with Gasteiger partial charge in [-0.25, -0.2) is 4.39 Å². The van der Waals surface area contributed by atoms with E-state index in [4.69, 9.17) is 5.73 Å². The average molecular weight is 157 g/mol. The molecule has 1 nitrogen and oxygen atoms in total. The Labute approximate surface area is 64.5 Å². The number of anilines is 1. The second-order valence-corrected chi connectivity index (χ2v) is 2.64. The van der Waals surface area contributed by atoms with Gasteiger partial charge in [0.05, 0.1) is 0 Å². The Morgan fingerprint density at radius 2 is 2.10 bits per heavy atom. The van der Waals surface area contributed by atoms with Crippen molar-refractivity contribution in [2.75, 3.05) is 5.73 Å². The van der Waals surface area contributed by atoms with Gasteiger partial charge in [-0.05, 0) is 24.6 Å². The summed E-state index contributed by atoms with van der Waals surface area (Å²) in [5, 5.41) is 0. The van der Waals surface area contributed by atoms with Crippen LogP contribution in [0, 0.1) is 12.7 Å². The van der Waals surface area contributed by atoms with Gasteiger partial charge in [0.2, 0.25) is 0 Å². The lowest BCUT2D eigenvalue weighted by molar-refractivity contribution is 0.623. The molecule has 1 aromatic carbocycles. The lowest BCUT2D eigenvalue weighted by Gasteiger charge is -2.01. The van der Waals surface area contributed by atoms with Crippen molar-refractivity contribution in [1.82, 2.24) is 0 Å². The summed E-state index contributed by atoms with van der Waals surface area (Å²) in [7, 11) is 0. The number of thiol groups is 1. The highest BCUT2D eigenvalue weighted by molar-refractivity contribution is 7.80. The maximum Gasteiger partial charge on any atom is 0.124 e. The molecule has 3 heteroatoms. The Balaban J connectivity index is 3.31. The molecule has 0 atom stereocenters. The quantitative estimate of drug-likeness (QED) is 0.437. The molecule has 0 fully saturated rings. The molecule has 0 radical (unpaired) electrons. The zero-order valence-corrected chi connectivity index (χ0v) is 6.45. The van der Waals surface area contributed by atoms with Crippen molar-refractivity contribution in [3.63, 3.8) is 0 Å². The summed E-state index contributed by atoms with van der Waals surface area (Å²) < 4.78 is 12.5. The van der Waals surface area contributed by atoms with Crippen molar-refractivity contribution in [1.29, 1.82) is 0 Å². The SMILES string of the molecule is Cc1cc(F)cc(S)c1N. The molecule has 2 N–H and O–H groups in total. The highest BCUT2D eigenvalue weighted by Gasteiger charge is 2.00. The van der Waals surface area contributed by atoms with Crippen LogP contribution >= 0.6 is 12.6 Å². The largest absolute Gasteiger partial charge is 0.398 e. The highest BCUT2D eigenvalue weighted by Crippen LogP contribution is 2.21. The van der Waals surface area contributed by atoms with Crippen molar-refractivity contribution < 1.29 is 4.39 Å². The van der Waals surface area contributed by atoms with Crippen molar-refractivity contribution in [3.05, 3.63) is 23.5 Å². The van der Waals surface area contributed by atoms with E-state index in [-0.39, 0.29) is 5.82 Å². The van der Waals surface area contributed by atoms with Crippen LogP contribution in [-0.2, 0) is 0 Å². The predicted octanol–water partition coefficient (Wildman–Crippen LogP) is 2.01. The first kappa shape index (κ1) is 7.41. The van der Waals surface area contributed by atoms with E-state index >= 15 is 0 Å². The lowest BCUT2D eigenvalue weighted by Crippen LogP contribution is -1.92. The van der Waals surface area contributed by atoms with E-state index < -0.39 is 0 Å². The first-order valence-electron chi connectivity index (χ1n) is 2.86. The summed E-state index contributed by atoms with van der Waals surface area (Å²) in [4.78, 5) is 0.498. The molecule has 10 heavy (non-hydrogen) atoms. The third-order valence-electron chi connectivity index (χ3n) is 1.33. The summed E-state index contributed by atoms with van der Waals surface area (Å²) in [5.74, 6) is -0.295. The fourth-order valence-corrected chi connectivity index (χ4v) is 1.04. The minimum absolute atomic E-state index is 0.295. The summed E-state index contributed by atoms with van der Waals surface area (Å²) in [6.45, 7) is 1.75. The number of nitrogen functional groups attached to an aromatic ring is 1. The van der Waals surface area contributed by atoms with E-state index in [0.29, 0.717) is 10.6 Å². The van der Waals surface area contributed by atoms with Crippen molar-refractivity contribution >= 4 is 18.3 Å². The molecular formula is C7H8FNS. The van der Waals surface area contributed by atoms with Crippen molar-refractivity contribution in [2.24, 2.45) is 0 Å². The fraction of sp³-hybridized carbons (Fsp3) is 0.143. The second kappa shape index (κ2) is 2.50. The van der Waals surface area contributed by atoms with Crippen LogP contribution in [0.4, 0.5) is 10.1 Å². The maximum absolute atomic E-state index is 12.5. The highest BCUT2D eigenvalue weighted by atomic mass is 32.1. The van der Waals surface area contributed by atoms with Gasteiger partial charge in [-0.15, -0.1) is 12.6 Å². The van der Waals surface area contributed by atoms with Gasteiger partial charge in [-0.3, -0.25) is 0 Å². The van der Waals surface area contributed by atoms with Gasteiger partial charge in [-0.2, -0.15) is 0 Å². The minimum atomic E-state index is -0.295. The molecule has 0 aliphatic rings. The van der Waals surface area contributed by atoms with Gasteiger partial charge in [0.25, 0.3) is 0 Å². The molecule has 0 bridgehead atoms. The normalized spacial score (nSPS) is 9.90. The Bertz CT molecular complexity index is 237. The molecule has 0 aliphatic carbocycles. The van der Waals surface area contributed by atoms with Crippen LogP contribution in [0.15, 0.2) is 17.0 Å². The second-order valence-electron chi connectivity index (χ2n) is 2.16. The number of hydrogen-bond donors (Lipinski definition) is 2. The van der Waals surface area contributed by atoms with E-state index in [1.807, 2.05) is 0 Å². The number of aryl methyl sites for hydroxylation is 1. The molecule has 1 aromatic rings. The smallest absolute Gasteiger partial charge is 0.124 e. The predicted molar refractivity (Wildman–Crippen MR) is 42.8 cm³/mol. The van der Waals surface area contributed by atoms with Crippen LogP contribution in [0.5, 0.6) is 0 Å². The first-order valence-corrected chi connectivity index (χ1v) is 3.30. The van der Waals surface area contributed by atoms with Gasteiger partial charge in [0.1, 0.15) is 5.82 Å². The molecule has 0 aliphatic heterocycles. The maximum atomic E-state index is 12.5. The number of hydrogen-bond acceptors (Lipinski definition) is 2. The number of nitrogens with two attached hydrogens (primary N) is 1. The van der Waals surface area contributed by atoms with Crippen LogP contribution < -0.4 is 5.73 Å². The van der Waals surface area contributed by atoms with E-state index in [1.54, 1.807) is 6.92 Å². The third kappa shape index (κ3) is 1.24. The Morgan fingerprint density at radius 3 is 2.60 bits per heavy atom. The summed E-state index contributed by atoms with van der Waals surface area (Å²) >= 11 is 3.97. The molecule has 54 valence electrons. The van der Waals surface area contributed by atoms with Crippen LogP contribution in [0.3, 0.4) is 0 Å². The van der Waals surface area contributed by atoms with E-state index in [9.17, 15) is 4.39 Å². The Kier molecular flexibility index (Phi) is 1.85. The van der Waals surface area contributed by atoms with Gasteiger partial charge in [-0.1, -0.05) is 0 Å². The molecule has 0 heterocycles. The molecule has 0 unspecified atom stereocenters. The minimum Gasteiger partial charge on any atom is -0.398 e. The van der Waals surface area contributed by atoms with Crippen molar-refractivity contribution in [2.45, 2.75) is 11.8 Å². The number of benzene rings is 1. The Morgan fingerprint density at radius 1 is 1.50 bits per heavy atom. The molecule has 0 spiro atoms. The standard InChI is InChI=1S/C7H8FNS/c1-4-2-5(8)3-6(10)7(4)9/h2-3,10H,9H2,1H3. The molecule has 0 aromatic heterocycles. The molecule has 0 amide bonds. The van der Waals surface area contributed by atoms with Crippen molar-refractivity contribution in [3.8, 4) is 0 Å². The third-order valence-corrected chi connectivity index (χ3v) is 1.70. The van der Waals surface area contributed by atoms with E-state index in [0.717, 1.165) is 5.56 Å². The van der Waals surface area contributed by atoms with Crippen LogP contribution in [0.25, 0.3) is 0 Å². The lowest BCUT2D eigenvalue weighted by atomic mass is 10.2. The van der Waals surface area contributed by atoms with Gasteiger partial charge in [0.15, 0.2) is 0 Å². The van der Waals surface area contributed by atoms with Gasteiger partial charge < -0.3 is 5.73 Å². The number of halogens is 1. The fourth-order valence-electron chi connectivity index (χ4n) is 0.737. The average Bonchev–Trinajstić information content (AvgIpc) is 1.82. The zero-order chi connectivity index (χ0) is 7.72.